The average Bonchev–Trinajstić information content (AvgIpc) is 2.72. The zero-order valence-electron chi connectivity index (χ0n) is 15.8. The molecule has 0 aliphatic rings. The monoisotopic (exact) mass is 398 g/mol. The van der Waals surface area contributed by atoms with Crippen LogP contribution in [0.1, 0.15) is 17.3 Å². The van der Waals surface area contributed by atoms with Crippen molar-refractivity contribution in [2.24, 2.45) is 0 Å². The zero-order chi connectivity index (χ0) is 20.8. The average molecular weight is 398 g/mol. The van der Waals surface area contributed by atoms with Crippen molar-refractivity contribution >= 4 is 5.97 Å². The lowest BCUT2D eigenvalue weighted by Gasteiger charge is -2.18. The second-order valence-electron chi connectivity index (χ2n) is 6.21. The van der Waals surface area contributed by atoms with Gasteiger partial charge in [0, 0.05) is 11.1 Å². The molecule has 0 bridgehead atoms. The molecule has 0 atom stereocenters. The number of halogens is 2. The van der Waals surface area contributed by atoms with Gasteiger partial charge in [-0.1, -0.05) is 24.3 Å². The normalized spacial score (nSPS) is 10.6. The third kappa shape index (κ3) is 4.78. The Hall–Kier alpha value is -3.25. The molecule has 29 heavy (non-hydrogen) atoms. The maximum absolute atomic E-state index is 13.9. The van der Waals surface area contributed by atoms with Gasteiger partial charge in [0.2, 0.25) is 0 Å². The minimum atomic E-state index is -0.559. The Balaban J connectivity index is 2.29. The molecule has 0 unspecified atom stereocenters. The molecular formula is C23H20F2O4. The van der Waals surface area contributed by atoms with Crippen LogP contribution in [0.3, 0.4) is 0 Å². The van der Waals surface area contributed by atoms with Crippen LogP contribution in [0.4, 0.5) is 8.78 Å². The van der Waals surface area contributed by atoms with E-state index in [0.717, 1.165) is 0 Å². The summed E-state index contributed by atoms with van der Waals surface area (Å²) in [6.07, 6.45) is 0. The standard InChI is InChI=1S/C23H20F2O4/c1-2-28-23(27)17-13-20(15-5-3-7-18(24)11-15)22(29-10-9-26)21(14-17)16-6-4-8-19(25)12-16/h3-8,11-14,26H,2,9-10H2,1H3. The summed E-state index contributed by atoms with van der Waals surface area (Å²) < 4.78 is 38.6. The summed E-state index contributed by atoms with van der Waals surface area (Å²) in [5.74, 6) is -1.16. The fourth-order valence-electron chi connectivity index (χ4n) is 3.01. The summed E-state index contributed by atoms with van der Waals surface area (Å²) in [4.78, 5) is 12.4. The number of carbonyl (C=O) groups excluding carboxylic acids is 1. The number of rotatable bonds is 7. The molecule has 0 aliphatic heterocycles. The number of hydrogen-bond donors (Lipinski definition) is 1. The Morgan fingerprint density at radius 2 is 1.48 bits per heavy atom. The zero-order valence-corrected chi connectivity index (χ0v) is 15.8. The summed E-state index contributed by atoms with van der Waals surface area (Å²) >= 11 is 0. The number of ether oxygens (including phenoxy) is 2. The highest BCUT2D eigenvalue weighted by Gasteiger charge is 2.20. The van der Waals surface area contributed by atoms with E-state index in [1.54, 1.807) is 43.3 Å². The summed E-state index contributed by atoms with van der Waals surface area (Å²) in [5, 5.41) is 9.23. The first kappa shape index (κ1) is 20.5. The van der Waals surface area contributed by atoms with E-state index in [9.17, 15) is 18.7 Å². The first-order chi connectivity index (χ1) is 14.0. The molecule has 0 fully saturated rings. The van der Waals surface area contributed by atoms with Gasteiger partial charge in [-0.05, 0) is 54.4 Å². The molecule has 1 N–H and O–H groups in total. The molecule has 3 rings (SSSR count). The minimum absolute atomic E-state index is 0.0244. The number of aliphatic hydroxyl groups is 1. The van der Waals surface area contributed by atoms with Crippen molar-refractivity contribution in [1.82, 2.24) is 0 Å². The van der Waals surface area contributed by atoms with Gasteiger partial charge in [-0.25, -0.2) is 13.6 Å². The topological polar surface area (TPSA) is 55.8 Å². The molecule has 0 aromatic heterocycles. The van der Waals surface area contributed by atoms with Crippen LogP contribution in [-0.2, 0) is 4.74 Å². The molecule has 0 amide bonds. The molecule has 4 nitrogen and oxygen atoms in total. The minimum Gasteiger partial charge on any atom is -0.490 e. The van der Waals surface area contributed by atoms with Gasteiger partial charge in [0.1, 0.15) is 24.0 Å². The van der Waals surface area contributed by atoms with Gasteiger partial charge in [0.15, 0.2) is 0 Å². The Kier molecular flexibility index (Phi) is 6.57. The lowest BCUT2D eigenvalue weighted by Crippen LogP contribution is -2.08. The highest BCUT2D eigenvalue weighted by atomic mass is 19.1. The van der Waals surface area contributed by atoms with E-state index in [4.69, 9.17) is 9.47 Å². The highest BCUT2D eigenvalue weighted by Crippen LogP contribution is 2.41. The second-order valence-corrected chi connectivity index (χ2v) is 6.21. The Bertz CT molecular complexity index is 951. The van der Waals surface area contributed by atoms with Gasteiger partial charge < -0.3 is 14.6 Å². The summed E-state index contributed by atoms with van der Waals surface area (Å²) in [6.45, 7) is 1.61. The van der Waals surface area contributed by atoms with Gasteiger partial charge in [-0.2, -0.15) is 0 Å². The molecule has 0 saturated carbocycles. The van der Waals surface area contributed by atoms with E-state index in [-0.39, 0.29) is 25.4 Å². The van der Waals surface area contributed by atoms with Crippen molar-refractivity contribution in [3.8, 4) is 28.0 Å². The van der Waals surface area contributed by atoms with E-state index < -0.39 is 17.6 Å². The van der Waals surface area contributed by atoms with E-state index in [2.05, 4.69) is 0 Å². The molecule has 0 aliphatic carbocycles. The molecule has 150 valence electrons. The lowest BCUT2D eigenvalue weighted by atomic mass is 9.94. The maximum Gasteiger partial charge on any atom is 0.338 e. The molecule has 0 spiro atoms. The molecule has 3 aromatic rings. The van der Waals surface area contributed by atoms with Gasteiger partial charge in [-0.15, -0.1) is 0 Å². The predicted octanol–water partition coefficient (Wildman–Crippen LogP) is 4.85. The number of hydrogen-bond acceptors (Lipinski definition) is 4. The van der Waals surface area contributed by atoms with Crippen LogP contribution in [-0.4, -0.2) is 30.9 Å². The second kappa shape index (κ2) is 9.30. The fourth-order valence-corrected chi connectivity index (χ4v) is 3.01. The summed E-state index contributed by atoms with van der Waals surface area (Å²) in [6, 6.07) is 14.8. The van der Waals surface area contributed by atoms with Crippen LogP contribution < -0.4 is 4.74 Å². The van der Waals surface area contributed by atoms with Gasteiger partial charge in [0.25, 0.3) is 0 Å². The first-order valence-corrected chi connectivity index (χ1v) is 9.14. The smallest absolute Gasteiger partial charge is 0.338 e. The quantitative estimate of drug-likeness (QED) is 0.579. The van der Waals surface area contributed by atoms with Crippen molar-refractivity contribution in [3.63, 3.8) is 0 Å². The molecule has 3 aromatic carbocycles. The molecular weight excluding hydrogens is 378 g/mol. The predicted molar refractivity (Wildman–Crippen MR) is 106 cm³/mol. The third-order valence-corrected chi connectivity index (χ3v) is 4.21. The van der Waals surface area contributed by atoms with E-state index in [1.807, 2.05) is 0 Å². The number of esters is 1. The van der Waals surface area contributed by atoms with Gasteiger partial charge in [0.05, 0.1) is 18.8 Å². The van der Waals surface area contributed by atoms with Crippen LogP contribution >= 0.6 is 0 Å². The first-order valence-electron chi connectivity index (χ1n) is 9.14. The fraction of sp³-hybridized carbons (Fsp3) is 0.174. The molecule has 0 radical (unpaired) electrons. The maximum atomic E-state index is 13.9. The van der Waals surface area contributed by atoms with Gasteiger partial charge >= 0.3 is 5.97 Å². The van der Waals surface area contributed by atoms with Crippen molar-refractivity contribution in [1.29, 1.82) is 0 Å². The van der Waals surface area contributed by atoms with Crippen LogP contribution in [0.15, 0.2) is 60.7 Å². The Morgan fingerprint density at radius 3 is 1.93 bits per heavy atom. The van der Waals surface area contributed by atoms with E-state index in [0.29, 0.717) is 28.0 Å². The number of benzene rings is 3. The Labute approximate surface area is 167 Å². The highest BCUT2D eigenvalue weighted by molar-refractivity contribution is 5.96. The van der Waals surface area contributed by atoms with Crippen LogP contribution in [0.5, 0.6) is 5.75 Å². The van der Waals surface area contributed by atoms with Crippen LogP contribution in [0.25, 0.3) is 22.3 Å². The van der Waals surface area contributed by atoms with Gasteiger partial charge in [-0.3, -0.25) is 0 Å². The third-order valence-electron chi connectivity index (χ3n) is 4.21. The van der Waals surface area contributed by atoms with Crippen molar-refractivity contribution in [2.75, 3.05) is 19.8 Å². The van der Waals surface area contributed by atoms with Crippen molar-refractivity contribution < 1.29 is 28.2 Å². The largest absolute Gasteiger partial charge is 0.490 e. The molecule has 6 heteroatoms. The van der Waals surface area contributed by atoms with E-state index in [1.165, 1.54) is 24.3 Å². The summed E-state index contributed by atoms with van der Waals surface area (Å²) in [5.41, 5.74) is 2.04. The van der Waals surface area contributed by atoms with Crippen LogP contribution in [0, 0.1) is 11.6 Å². The van der Waals surface area contributed by atoms with E-state index >= 15 is 0 Å². The van der Waals surface area contributed by atoms with Crippen molar-refractivity contribution in [2.45, 2.75) is 6.92 Å². The lowest BCUT2D eigenvalue weighted by molar-refractivity contribution is 0.0526. The molecule has 0 saturated heterocycles. The van der Waals surface area contributed by atoms with Crippen molar-refractivity contribution in [3.05, 3.63) is 77.9 Å². The van der Waals surface area contributed by atoms with Crippen LogP contribution in [0.2, 0.25) is 0 Å². The molecule has 0 heterocycles. The Morgan fingerprint density at radius 1 is 0.931 bits per heavy atom. The number of carbonyl (C=O) groups is 1. The summed E-state index contributed by atoms with van der Waals surface area (Å²) in [7, 11) is 0. The number of aliphatic hydroxyl groups excluding tert-OH is 1. The SMILES string of the molecule is CCOC(=O)c1cc(-c2cccc(F)c2)c(OCCO)c(-c2cccc(F)c2)c1.